The van der Waals surface area contributed by atoms with Crippen LogP contribution in [0.25, 0.3) is 0 Å². The fourth-order valence-corrected chi connectivity index (χ4v) is 3.62. The topological polar surface area (TPSA) is 55.6 Å². The fourth-order valence-electron chi connectivity index (χ4n) is 3.43. The van der Waals surface area contributed by atoms with Gasteiger partial charge in [-0.05, 0) is 43.0 Å². The van der Waals surface area contributed by atoms with Crippen LogP contribution in [0.15, 0.2) is 18.2 Å². The normalized spacial score (nSPS) is 16.9. The first-order valence-electron chi connectivity index (χ1n) is 8.26. The number of benzene rings is 1. The Labute approximate surface area is 143 Å². The van der Waals surface area contributed by atoms with Crippen LogP contribution < -0.4 is 10.5 Å². The number of carbonyl (C=O) groups is 1. The van der Waals surface area contributed by atoms with Crippen molar-refractivity contribution < 1.29 is 9.53 Å². The minimum Gasteiger partial charge on any atom is -0.496 e. The van der Waals surface area contributed by atoms with Crippen molar-refractivity contribution in [1.82, 2.24) is 4.90 Å². The van der Waals surface area contributed by atoms with Gasteiger partial charge in [0.15, 0.2) is 0 Å². The number of methoxy groups -OCH3 is 1. The molecule has 1 amide bonds. The van der Waals surface area contributed by atoms with Gasteiger partial charge in [-0.1, -0.05) is 30.9 Å². The summed E-state index contributed by atoms with van der Waals surface area (Å²) < 4.78 is 5.36. The molecule has 1 fully saturated rings. The number of ether oxygens (including phenoxy) is 1. The predicted molar refractivity (Wildman–Crippen MR) is 93.7 cm³/mol. The molecule has 0 aliphatic heterocycles. The summed E-state index contributed by atoms with van der Waals surface area (Å²) in [6.07, 6.45) is 6.26. The summed E-state index contributed by atoms with van der Waals surface area (Å²) in [7, 11) is 3.45. The van der Waals surface area contributed by atoms with Crippen molar-refractivity contribution in [1.29, 1.82) is 0 Å². The number of nitrogens with two attached hydrogens (primary N) is 1. The Balaban J connectivity index is 2.03. The van der Waals surface area contributed by atoms with E-state index in [0.29, 0.717) is 24.5 Å². The van der Waals surface area contributed by atoms with Crippen LogP contribution in [0.1, 0.15) is 44.1 Å². The molecule has 0 heterocycles. The first-order chi connectivity index (χ1) is 11.0. The summed E-state index contributed by atoms with van der Waals surface area (Å²) in [5.41, 5.74) is 6.90. The zero-order valence-corrected chi connectivity index (χ0v) is 14.9. The molecule has 128 valence electrons. The molecule has 0 radical (unpaired) electrons. The number of rotatable bonds is 6. The maximum Gasteiger partial charge on any atom is 0.223 e. The number of nitrogens with zero attached hydrogens (tertiary/aromatic N) is 1. The van der Waals surface area contributed by atoms with Crippen LogP contribution in [0.5, 0.6) is 5.75 Å². The third kappa shape index (κ3) is 4.61. The predicted octanol–water partition coefficient (Wildman–Crippen LogP) is 3.61. The van der Waals surface area contributed by atoms with Gasteiger partial charge in [-0.2, -0.15) is 0 Å². The second kappa shape index (κ2) is 8.02. The van der Waals surface area contributed by atoms with Crippen LogP contribution in [-0.4, -0.2) is 31.5 Å². The molecule has 4 nitrogen and oxygen atoms in total. The average molecular weight is 339 g/mol. The van der Waals surface area contributed by atoms with Crippen LogP contribution in [0.4, 0.5) is 0 Å². The Kier molecular flexibility index (Phi) is 6.31. The average Bonchev–Trinajstić information content (AvgIpc) is 2.56. The zero-order chi connectivity index (χ0) is 16.9. The van der Waals surface area contributed by atoms with Gasteiger partial charge in [-0.3, -0.25) is 4.79 Å². The van der Waals surface area contributed by atoms with Gasteiger partial charge >= 0.3 is 0 Å². The summed E-state index contributed by atoms with van der Waals surface area (Å²) in [4.78, 5) is 14.4. The third-order valence-corrected chi connectivity index (χ3v) is 5.18. The van der Waals surface area contributed by atoms with Gasteiger partial charge in [0, 0.05) is 30.6 Å². The Morgan fingerprint density at radius 2 is 2.04 bits per heavy atom. The van der Waals surface area contributed by atoms with E-state index in [1.807, 2.05) is 19.2 Å². The van der Waals surface area contributed by atoms with Crippen molar-refractivity contribution >= 4 is 17.5 Å². The summed E-state index contributed by atoms with van der Waals surface area (Å²) >= 11 is 6.06. The van der Waals surface area contributed by atoms with E-state index >= 15 is 0 Å². The highest BCUT2D eigenvalue weighted by atomic mass is 35.5. The smallest absolute Gasteiger partial charge is 0.223 e. The molecule has 1 aliphatic carbocycles. The second-order valence-electron chi connectivity index (χ2n) is 6.65. The van der Waals surface area contributed by atoms with Crippen molar-refractivity contribution in [3.8, 4) is 5.75 Å². The molecule has 23 heavy (non-hydrogen) atoms. The molecule has 0 spiro atoms. The zero-order valence-electron chi connectivity index (χ0n) is 14.1. The van der Waals surface area contributed by atoms with Crippen molar-refractivity contribution in [3.05, 3.63) is 28.8 Å². The van der Waals surface area contributed by atoms with Crippen LogP contribution in [0.3, 0.4) is 0 Å². The molecule has 1 aromatic carbocycles. The SMILES string of the molecule is COc1ccc(Cl)cc1CN(C)C(=O)CC1(CN)CCCCC1. The van der Waals surface area contributed by atoms with E-state index in [9.17, 15) is 4.79 Å². The maximum absolute atomic E-state index is 12.7. The van der Waals surface area contributed by atoms with Crippen LogP contribution in [0.2, 0.25) is 5.02 Å². The van der Waals surface area contributed by atoms with Gasteiger partial charge in [-0.15, -0.1) is 0 Å². The number of hydrogen-bond donors (Lipinski definition) is 1. The molecule has 0 bridgehead atoms. The summed E-state index contributed by atoms with van der Waals surface area (Å²) in [6, 6.07) is 5.47. The van der Waals surface area contributed by atoms with Gasteiger partial charge < -0.3 is 15.4 Å². The third-order valence-electron chi connectivity index (χ3n) is 4.95. The highest BCUT2D eigenvalue weighted by molar-refractivity contribution is 6.30. The first kappa shape index (κ1) is 18.1. The van der Waals surface area contributed by atoms with E-state index in [1.54, 1.807) is 18.1 Å². The quantitative estimate of drug-likeness (QED) is 0.862. The van der Waals surface area contributed by atoms with E-state index in [-0.39, 0.29) is 11.3 Å². The monoisotopic (exact) mass is 338 g/mol. The largest absolute Gasteiger partial charge is 0.496 e. The molecule has 0 unspecified atom stereocenters. The lowest BCUT2D eigenvalue weighted by molar-refractivity contribution is -0.133. The molecule has 2 N–H and O–H groups in total. The van der Waals surface area contributed by atoms with Crippen molar-refractivity contribution in [2.45, 2.75) is 45.1 Å². The fraction of sp³-hybridized carbons (Fsp3) is 0.611. The Morgan fingerprint density at radius 3 is 2.65 bits per heavy atom. The molecule has 1 aromatic rings. The second-order valence-corrected chi connectivity index (χ2v) is 7.08. The van der Waals surface area contributed by atoms with E-state index in [1.165, 1.54) is 19.3 Å². The summed E-state index contributed by atoms with van der Waals surface area (Å²) in [6.45, 7) is 1.08. The molecular formula is C18H27ClN2O2. The summed E-state index contributed by atoms with van der Waals surface area (Å²) in [5, 5.41) is 0.646. The Bertz CT molecular complexity index is 542. The standard InChI is InChI=1S/C18H27ClN2O2/c1-21(12-14-10-15(19)6-7-16(14)23-2)17(22)11-18(13-20)8-4-3-5-9-18/h6-7,10H,3-5,8-9,11-13,20H2,1-2H3. The molecule has 0 saturated heterocycles. The first-order valence-corrected chi connectivity index (χ1v) is 8.64. The molecule has 1 saturated carbocycles. The van der Waals surface area contributed by atoms with Gasteiger partial charge in [0.05, 0.1) is 7.11 Å². The molecule has 0 aromatic heterocycles. The molecule has 2 rings (SSSR count). The van der Waals surface area contributed by atoms with Crippen molar-refractivity contribution in [2.75, 3.05) is 20.7 Å². The van der Waals surface area contributed by atoms with Gasteiger partial charge in [-0.25, -0.2) is 0 Å². The Morgan fingerprint density at radius 1 is 1.35 bits per heavy atom. The lowest BCUT2D eigenvalue weighted by Crippen LogP contribution is -2.39. The van der Waals surface area contributed by atoms with Crippen molar-refractivity contribution in [2.24, 2.45) is 11.1 Å². The highest BCUT2D eigenvalue weighted by Crippen LogP contribution is 2.38. The Hall–Kier alpha value is -1.26. The number of carbonyl (C=O) groups excluding carboxylic acids is 1. The lowest BCUT2D eigenvalue weighted by Gasteiger charge is -2.36. The maximum atomic E-state index is 12.7. The molecule has 0 atom stereocenters. The highest BCUT2D eigenvalue weighted by Gasteiger charge is 2.33. The number of halogens is 1. The minimum absolute atomic E-state index is 0.0119. The molecular weight excluding hydrogens is 312 g/mol. The number of hydrogen-bond acceptors (Lipinski definition) is 3. The van der Waals surface area contributed by atoms with E-state index in [0.717, 1.165) is 24.2 Å². The van der Waals surface area contributed by atoms with Gasteiger partial charge in [0.25, 0.3) is 0 Å². The van der Waals surface area contributed by atoms with Crippen LogP contribution in [-0.2, 0) is 11.3 Å². The van der Waals surface area contributed by atoms with E-state index < -0.39 is 0 Å². The van der Waals surface area contributed by atoms with Gasteiger partial charge in [0.1, 0.15) is 5.75 Å². The minimum atomic E-state index is -0.0119. The lowest BCUT2D eigenvalue weighted by atomic mass is 9.71. The van der Waals surface area contributed by atoms with E-state index in [2.05, 4.69) is 0 Å². The van der Waals surface area contributed by atoms with Crippen LogP contribution in [0, 0.1) is 5.41 Å². The van der Waals surface area contributed by atoms with Crippen LogP contribution >= 0.6 is 11.6 Å². The molecule has 5 heteroatoms. The summed E-state index contributed by atoms with van der Waals surface area (Å²) in [5.74, 6) is 0.889. The number of amides is 1. The van der Waals surface area contributed by atoms with Crippen molar-refractivity contribution in [3.63, 3.8) is 0 Å². The molecule has 1 aliphatic rings. The van der Waals surface area contributed by atoms with E-state index in [4.69, 9.17) is 22.1 Å². The van der Waals surface area contributed by atoms with Gasteiger partial charge in [0.2, 0.25) is 5.91 Å².